The predicted molar refractivity (Wildman–Crippen MR) is 84.9 cm³/mol. The van der Waals surface area contributed by atoms with Crippen molar-refractivity contribution in [2.24, 2.45) is 5.92 Å². The van der Waals surface area contributed by atoms with E-state index in [0.717, 1.165) is 54.8 Å². The Balaban J connectivity index is 2.30. The van der Waals surface area contributed by atoms with Crippen LogP contribution in [-0.2, 0) is 19.4 Å². The van der Waals surface area contributed by atoms with Crippen molar-refractivity contribution in [1.82, 2.24) is 15.1 Å². The first kappa shape index (κ1) is 16.0. The van der Waals surface area contributed by atoms with E-state index in [9.17, 15) is 5.11 Å². The smallest absolute Gasteiger partial charge is 0.0766 e. The zero-order valence-electron chi connectivity index (χ0n) is 12.7. The van der Waals surface area contributed by atoms with Gasteiger partial charge in [-0.05, 0) is 48.7 Å². The molecule has 0 spiro atoms. The van der Waals surface area contributed by atoms with E-state index < -0.39 is 5.60 Å². The summed E-state index contributed by atoms with van der Waals surface area (Å²) in [5.41, 5.74) is 1.63. The summed E-state index contributed by atoms with van der Waals surface area (Å²) in [4.78, 5) is 0. The molecule has 1 aliphatic heterocycles. The molecule has 1 saturated heterocycles. The molecule has 2 heterocycles. The summed E-state index contributed by atoms with van der Waals surface area (Å²) >= 11 is 3.69. The van der Waals surface area contributed by atoms with Crippen molar-refractivity contribution in [1.29, 1.82) is 0 Å². The van der Waals surface area contributed by atoms with Crippen molar-refractivity contribution in [3.63, 3.8) is 0 Å². The summed E-state index contributed by atoms with van der Waals surface area (Å²) in [6.45, 7) is 9.03. The van der Waals surface area contributed by atoms with Crippen molar-refractivity contribution < 1.29 is 5.11 Å². The number of rotatable bonds is 5. The molecule has 0 bridgehead atoms. The molecule has 2 atom stereocenters. The number of halogens is 1. The molecule has 2 N–H and O–H groups in total. The van der Waals surface area contributed by atoms with Crippen LogP contribution in [0.25, 0.3) is 0 Å². The number of aliphatic hydroxyl groups is 1. The van der Waals surface area contributed by atoms with Crippen LogP contribution >= 0.6 is 15.9 Å². The number of nitrogens with one attached hydrogen (secondary N) is 1. The topological polar surface area (TPSA) is 50.1 Å². The van der Waals surface area contributed by atoms with Gasteiger partial charge in [-0.3, -0.25) is 4.68 Å². The van der Waals surface area contributed by atoms with Crippen molar-refractivity contribution in [2.45, 2.75) is 58.6 Å². The third-order valence-corrected chi connectivity index (χ3v) is 5.46. The van der Waals surface area contributed by atoms with E-state index in [1.165, 1.54) is 0 Å². The predicted octanol–water partition coefficient (Wildman–Crippen LogP) is 2.52. The van der Waals surface area contributed by atoms with Gasteiger partial charge in [0.2, 0.25) is 0 Å². The Morgan fingerprint density at radius 2 is 2.20 bits per heavy atom. The number of nitrogens with zero attached hydrogens (tertiary/aromatic N) is 2. The first-order valence-corrected chi connectivity index (χ1v) is 8.52. The van der Waals surface area contributed by atoms with Gasteiger partial charge in [0, 0.05) is 25.4 Å². The lowest BCUT2D eigenvalue weighted by molar-refractivity contribution is -0.0429. The molecule has 5 heteroatoms. The summed E-state index contributed by atoms with van der Waals surface area (Å²) in [6, 6.07) is 0. The van der Waals surface area contributed by atoms with Gasteiger partial charge < -0.3 is 10.4 Å². The molecule has 0 saturated carbocycles. The van der Waals surface area contributed by atoms with Gasteiger partial charge in [0.25, 0.3) is 0 Å². The van der Waals surface area contributed by atoms with Gasteiger partial charge in [0.15, 0.2) is 0 Å². The Hall–Kier alpha value is -0.390. The van der Waals surface area contributed by atoms with Crippen molar-refractivity contribution in [3.8, 4) is 0 Å². The van der Waals surface area contributed by atoms with Gasteiger partial charge in [-0.15, -0.1) is 0 Å². The second kappa shape index (κ2) is 6.58. The molecule has 1 aromatic heterocycles. The minimum atomic E-state index is -0.611. The fourth-order valence-electron chi connectivity index (χ4n) is 3.21. The Labute approximate surface area is 130 Å². The zero-order chi connectivity index (χ0) is 14.8. The number of piperidine rings is 1. The molecule has 20 heavy (non-hydrogen) atoms. The third-order valence-electron chi connectivity index (χ3n) is 4.55. The number of hydrogen-bond donors (Lipinski definition) is 2. The van der Waals surface area contributed by atoms with Gasteiger partial charge >= 0.3 is 0 Å². The van der Waals surface area contributed by atoms with Crippen LogP contribution in [0.3, 0.4) is 0 Å². The average Bonchev–Trinajstić information content (AvgIpc) is 2.75. The third kappa shape index (κ3) is 2.95. The molecular formula is C15H26BrN3O. The highest BCUT2D eigenvalue weighted by atomic mass is 79.9. The maximum absolute atomic E-state index is 11.1. The van der Waals surface area contributed by atoms with Crippen LogP contribution in [0.2, 0.25) is 0 Å². The minimum absolute atomic E-state index is 0.313. The quantitative estimate of drug-likeness (QED) is 0.863. The molecular weight excluding hydrogens is 318 g/mol. The molecule has 1 aliphatic rings. The Kier molecular flexibility index (Phi) is 5.26. The normalized spacial score (nSPS) is 26.9. The van der Waals surface area contributed by atoms with Gasteiger partial charge in [0.05, 0.1) is 21.5 Å². The molecule has 0 amide bonds. The van der Waals surface area contributed by atoms with E-state index in [0.29, 0.717) is 12.3 Å². The monoisotopic (exact) mass is 343 g/mol. The fourth-order valence-corrected chi connectivity index (χ4v) is 3.91. The van der Waals surface area contributed by atoms with Crippen molar-refractivity contribution >= 4 is 15.9 Å². The SMILES string of the molecule is CCc1nn(CC)c(CC2(O)CCNCC2CC)c1Br. The van der Waals surface area contributed by atoms with Crippen molar-refractivity contribution in [3.05, 3.63) is 15.9 Å². The molecule has 1 aromatic rings. The molecule has 2 rings (SSSR count). The van der Waals surface area contributed by atoms with Crippen LogP contribution < -0.4 is 5.32 Å². The molecule has 114 valence electrons. The first-order valence-electron chi connectivity index (χ1n) is 7.72. The second-order valence-electron chi connectivity index (χ2n) is 5.72. The van der Waals surface area contributed by atoms with Gasteiger partial charge in [-0.2, -0.15) is 5.10 Å². The summed E-state index contributed by atoms with van der Waals surface area (Å²) in [5, 5.41) is 19.1. The summed E-state index contributed by atoms with van der Waals surface area (Å²) in [5.74, 6) is 0.313. The van der Waals surface area contributed by atoms with Crippen LogP contribution in [0.15, 0.2) is 4.47 Å². The van der Waals surface area contributed by atoms with Crippen molar-refractivity contribution in [2.75, 3.05) is 13.1 Å². The molecule has 4 nitrogen and oxygen atoms in total. The van der Waals surface area contributed by atoms with Gasteiger partial charge in [-0.1, -0.05) is 13.8 Å². The molecule has 0 aliphatic carbocycles. The lowest BCUT2D eigenvalue weighted by Crippen LogP contribution is -2.51. The molecule has 1 fully saturated rings. The van der Waals surface area contributed by atoms with Gasteiger partial charge in [-0.25, -0.2) is 0 Å². The fraction of sp³-hybridized carbons (Fsp3) is 0.800. The lowest BCUT2D eigenvalue weighted by atomic mass is 9.77. The summed E-state index contributed by atoms with van der Waals surface area (Å²) in [6.07, 6.45) is 3.42. The Morgan fingerprint density at radius 1 is 1.45 bits per heavy atom. The van der Waals surface area contributed by atoms with E-state index in [2.05, 4.69) is 47.1 Å². The zero-order valence-corrected chi connectivity index (χ0v) is 14.3. The average molecular weight is 344 g/mol. The number of hydrogen-bond acceptors (Lipinski definition) is 3. The Morgan fingerprint density at radius 3 is 2.80 bits per heavy atom. The lowest BCUT2D eigenvalue weighted by Gasteiger charge is -2.40. The molecule has 2 unspecified atom stereocenters. The van der Waals surface area contributed by atoms with E-state index >= 15 is 0 Å². The maximum atomic E-state index is 11.1. The van der Waals surface area contributed by atoms with E-state index in [-0.39, 0.29) is 0 Å². The number of aromatic nitrogens is 2. The van der Waals surface area contributed by atoms with E-state index in [1.807, 2.05) is 4.68 Å². The van der Waals surface area contributed by atoms with Crippen LogP contribution in [0, 0.1) is 5.92 Å². The summed E-state index contributed by atoms with van der Waals surface area (Å²) < 4.78 is 3.12. The number of aryl methyl sites for hydroxylation is 2. The Bertz CT molecular complexity index is 460. The van der Waals surface area contributed by atoms with E-state index in [1.54, 1.807) is 0 Å². The van der Waals surface area contributed by atoms with Crippen LogP contribution in [0.4, 0.5) is 0 Å². The standard InChI is InChI=1S/C15H26BrN3O/c1-4-11-10-17-8-7-15(11,20)9-13-14(16)12(5-2)18-19(13)6-3/h11,17,20H,4-10H2,1-3H3. The minimum Gasteiger partial charge on any atom is -0.389 e. The highest BCUT2D eigenvalue weighted by Crippen LogP contribution is 2.34. The highest BCUT2D eigenvalue weighted by molar-refractivity contribution is 9.10. The second-order valence-corrected chi connectivity index (χ2v) is 6.51. The maximum Gasteiger partial charge on any atom is 0.0766 e. The van der Waals surface area contributed by atoms with Gasteiger partial charge in [0.1, 0.15) is 0 Å². The summed E-state index contributed by atoms with van der Waals surface area (Å²) in [7, 11) is 0. The first-order chi connectivity index (χ1) is 9.55. The van der Waals surface area contributed by atoms with E-state index in [4.69, 9.17) is 0 Å². The van der Waals surface area contributed by atoms with Crippen LogP contribution in [0.5, 0.6) is 0 Å². The van der Waals surface area contributed by atoms with Crippen LogP contribution in [-0.4, -0.2) is 33.6 Å². The molecule has 0 radical (unpaired) electrons. The highest BCUT2D eigenvalue weighted by Gasteiger charge is 2.39. The molecule has 0 aromatic carbocycles. The van der Waals surface area contributed by atoms with Crippen LogP contribution in [0.1, 0.15) is 45.0 Å². The largest absolute Gasteiger partial charge is 0.389 e.